The average Bonchev–Trinajstić information content (AvgIpc) is 3.34. The number of benzene rings is 1. The van der Waals surface area contributed by atoms with Crippen LogP contribution in [0.1, 0.15) is 40.5 Å². The van der Waals surface area contributed by atoms with Crippen LogP contribution in [0.5, 0.6) is 0 Å². The third-order valence-corrected chi connectivity index (χ3v) is 7.73. The van der Waals surface area contributed by atoms with Crippen LogP contribution in [-0.4, -0.2) is 51.2 Å². The highest BCUT2D eigenvalue weighted by molar-refractivity contribution is 6.07. The number of hydrogen-bond donors (Lipinski definition) is 3. The van der Waals surface area contributed by atoms with Crippen LogP contribution in [0, 0.1) is 5.41 Å². The van der Waals surface area contributed by atoms with Crippen LogP contribution in [0.3, 0.4) is 0 Å². The van der Waals surface area contributed by atoms with Crippen LogP contribution in [0.2, 0.25) is 0 Å². The minimum Gasteiger partial charge on any atom is -0.382 e. The van der Waals surface area contributed by atoms with Gasteiger partial charge < -0.3 is 22.1 Å². The first-order valence-electron chi connectivity index (χ1n) is 11.9. The van der Waals surface area contributed by atoms with E-state index in [1.54, 1.807) is 0 Å². The zero-order valence-electron chi connectivity index (χ0n) is 19.6. The Morgan fingerprint density at radius 2 is 1.86 bits per heavy atom. The molecular formula is C24H27F2N9O. The molecule has 0 saturated carbocycles. The number of amides is 1. The average molecular weight is 496 g/mol. The smallest absolute Gasteiger partial charge is 0.285 e. The molecule has 1 atom stereocenters. The maximum Gasteiger partial charge on any atom is 0.285 e. The van der Waals surface area contributed by atoms with Crippen molar-refractivity contribution in [3.05, 3.63) is 53.3 Å². The van der Waals surface area contributed by atoms with E-state index in [-0.39, 0.29) is 34.6 Å². The van der Waals surface area contributed by atoms with E-state index in [1.807, 2.05) is 6.07 Å². The molecule has 6 rings (SSSR count). The molecule has 0 radical (unpaired) electrons. The lowest BCUT2D eigenvalue weighted by molar-refractivity contribution is -0.0185. The minimum atomic E-state index is -3.17. The van der Waals surface area contributed by atoms with Crippen molar-refractivity contribution in [2.24, 2.45) is 11.1 Å². The first kappa shape index (κ1) is 22.7. The van der Waals surface area contributed by atoms with Gasteiger partial charge in [0.25, 0.3) is 11.8 Å². The standard InChI is InChI=1S/C24H27F2N9O/c25-24(26)12-34(18-9-16(27)32-35(18)13-24)22(36)19-21(29)31-17(11-30-19)33-7-5-23(6-8-33)10-14-3-1-2-4-15(14)20(23)28/h1-4,9,11,20H,5-8,10,12-13,28H2,(H2,27,32)(H2,29,31)/t20-/m1/s1. The summed E-state index contributed by atoms with van der Waals surface area (Å²) < 4.78 is 29.6. The number of piperidine rings is 1. The highest BCUT2D eigenvalue weighted by Crippen LogP contribution is 2.50. The summed E-state index contributed by atoms with van der Waals surface area (Å²) in [5, 5.41) is 3.86. The fraction of sp³-hybridized carbons (Fsp3) is 0.417. The molecule has 2 aromatic heterocycles. The zero-order valence-corrected chi connectivity index (χ0v) is 19.6. The molecule has 10 nitrogen and oxygen atoms in total. The molecule has 1 aromatic carbocycles. The number of fused-ring (bicyclic) bond motifs is 2. The van der Waals surface area contributed by atoms with Gasteiger partial charge in [-0.3, -0.25) is 9.69 Å². The topological polar surface area (TPSA) is 145 Å². The molecule has 1 amide bonds. The summed E-state index contributed by atoms with van der Waals surface area (Å²) >= 11 is 0. The zero-order chi connectivity index (χ0) is 25.2. The Hall–Kier alpha value is -3.80. The lowest BCUT2D eigenvalue weighted by Gasteiger charge is -2.42. The Bertz CT molecular complexity index is 1350. The van der Waals surface area contributed by atoms with Crippen molar-refractivity contribution < 1.29 is 13.6 Å². The number of nitrogens with two attached hydrogens (primary N) is 3. The number of hydrogen-bond acceptors (Lipinski definition) is 8. The van der Waals surface area contributed by atoms with Crippen LogP contribution in [0.25, 0.3) is 0 Å². The summed E-state index contributed by atoms with van der Waals surface area (Å²) in [5.41, 5.74) is 20.8. The number of anilines is 4. The molecule has 36 heavy (non-hydrogen) atoms. The molecule has 1 fully saturated rings. The molecule has 3 aliphatic rings. The number of nitrogens with zero attached hydrogens (tertiary/aromatic N) is 6. The molecule has 0 bridgehead atoms. The van der Waals surface area contributed by atoms with Crippen molar-refractivity contribution >= 4 is 29.2 Å². The van der Waals surface area contributed by atoms with Crippen molar-refractivity contribution in [1.82, 2.24) is 19.7 Å². The summed E-state index contributed by atoms with van der Waals surface area (Å²) in [7, 11) is 0. The maximum atomic E-state index is 14.3. The molecule has 1 spiro atoms. The molecular weight excluding hydrogens is 468 g/mol. The van der Waals surface area contributed by atoms with E-state index < -0.39 is 24.9 Å². The van der Waals surface area contributed by atoms with Crippen molar-refractivity contribution in [2.45, 2.75) is 37.8 Å². The third kappa shape index (κ3) is 3.55. The van der Waals surface area contributed by atoms with Gasteiger partial charge in [0.2, 0.25) is 0 Å². The SMILES string of the molecule is Nc1cc2n(n1)CC(F)(F)CN2C(=O)c1ncc(N2CCC3(CC2)Cc2ccccc2[C@H]3N)nc1N. The molecule has 4 heterocycles. The monoisotopic (exact) mass is 495 g/mol. The van der Waals surface area contributed by atoms with Crippen molar-refractivity contribution in [1.29, 1.82) is 0 Å². The van der Waals surface area contributed by atoms with Crippen LogP contribution in [-0.2, 0) is 13.0 Å². The molecule has 2 aliphatic heterocycles. The minimum absolute atomic E-state index is 0.00264. The van der Waals surface area contributed by atoms with Gasteiger partial charge in [0.05, 0.1) is 12.7 Å². The van der Waals surface area contributed by atoms with E-state index in [4.69, 9.17) is 17.2 Å². The predicted molar refractivity (Wildman–Crippen MR) is 131 cm³/mol. The van der Waals surface area contributed by atoms with Crippen LogP contribution < -0.4 is 27.0 Å². The van der Waals surface area contributed by atoms with Gasteiger partial charge in [-0.1, -0.05) is 24.3 Å². The van der Waals surface area contributed by atoms with E-state index in [1.165, 1.54) is 23.4 Å². The maximum absolute atomic E-state index is 14.3. The molecule has 12 heteroatoms. The molecule has 3 aromatic rings. The number of nitrogen functional groups attached to an aromatic ring is 2. The number of carbonyl (C=O) groups excluding carboxylic acids is 1. The number of halogens is 2. The molecule has 188 valence electrons. The van der Waals surface area contributed by atoms with E-state index >= 15 is 0 Å². The largest absolute Gasteiger partial charge is 0.382 e. The van der Waals surface area contributed by atoms with Crippen LogP contribution in [0.15, 0.2) is 36.5 Å². The highest BCUT2D eigenvalue weighted by Gasteiger charge is 2.46. The highest BCUT2D eigenvalue weighted by atomic mass is 19.3. The van der Waals surface area contributed by atoms with Gasteiger partial charge in [-0.05, 0) is 35.8 Å². The Morgan fingerprint density at radius 1 is 1.11 bits per heavy atom. The third-order valence-electron chi connectivity index (χ3n) is 7.73. The number of alkyl halides is 2. The van der Waals surface area contributed by atoms with Crippen molar-refractivity contribution in [3.8, 4) is 0 Å². The quantitative estimate of drug-likeness (QED) is 0.489. The Balaban J connectivity index is 1.20. The summed E-state index contributed by atoms with van der Waals surface area (Å²) in [4.78, 5) is 24.8. The molecule has 1 saturated heterocycles. The predicted octanol–water partition coefficient (Wildman–Crippen LogP) is 1.98. The number of carbonyl (C=O) groups is 1. The lowest BCUT2D eigenvalue weighted by atomic mass is 9.73. The lowest BCUT2D eigenvalue weighted by Crippen LogP contribution is -2.49. The second-order valence-electron chi connectivity index (χ2n) is 10.00. The van der Waals surface area contributed by atoms with Gasteiger partial charge in [0, 0.05) is 25.2 Å². The fourth-order valence-corrected chi connectivity index (χ4v) is 5.84. The molecule has 6 N–H and O–H groups in total. The Labute approximate surface area is 206 Å². The van der Waals surface area contributed by atoms with E-state index in [9.17, 15) is 13.6 Å². The Kier molecular flexibility index (Phi) is 4.94. The normalized spacial score (nSPS) is 21.9. The summed E-state index contributed by atoms with van der Waals surface area (Å²) in [6.07, 6.45) is 4.21. The van der Waals surface area contributed by atoms with E-state index in [2.05, 4.69) is 38.2 Å². The molecule has 1 aliphatic carbocycles. The summed E-state index contributed by atoms with van der Waals surface area (Å²) in [6.45, 7) is -0.0366. The second-order valence-corrected chi connectivity index (χ2v) is 10.00. The molecule has 0 unspecified atom stereocenters. The van der Waals surface area contributed by atoms with Gasteiger partial charge in [0.15, 0.2) is 11.5 Å². The summed E-state index contributed by atoms with van der Waals surface area (Å²) in [5.74, 6) is -3.31. The first-order valence-corrected chi connectivity index (χ1v) is 11.9. The number of aromatic nitrogens is 4. The van der Waals surface area contributed by atoms with Gasteiger partial charge in [-0.25, -0.2) is 23.4 Å². The van der Waals surface area contributed by atoms with Gasteiger partial charge >= 0.3 is 0 Å². The Morgan fingerprint density at radius 3 is 2.58 bits per heavy atom. The van der Waals surface area contributed by atoms with E-state index in [0.29, 0.717) is 5.82 Å². The van der Waals surface area contributed by atoms with Gasteiger partial charge in [-0.2, -0.15) is 5.10 Å². The van der Waals surface area contributed by atoms with Crippen LogP contribution >= 0.6 is 0 Å². The first-order chi connectivity index (χ1) is 17.2. The number of rotatable bonds is 2. The summed E-state index contributed by atoms with van der Waals surface area (Å²) in [6, 6.07) is 9.72. The van der Waals surface area contributed by atoms with Crippen molar-refractivity contribution in [3.63, 3.8) is 0 Å². The van der Waals surface area contributed by atoms with Gasteiger partial charge in [0.1, 0.15) is 24.0 Å². The fourth-order valence-electron chi connectivity index (χ4n) is 5.84. The second kappa shape index (κ2) is 7.85. The van der Waals surface area contributed by atoms with Gasteiger partial charge in [-0.15, -0.1) is 0 Å². The van der Waals surface area contributed by atoms with Crippen LogP contribution in [0.4, 0.5) is 32.1 Å². The van der Waals surface area contributed by atoms with E-state index in [0.717, 1.165) is 41.9 Å². The van der Waals surface area contributed by atoms with Crippen molar-refractivity contribution in [2.75, 3.05) is 40.9 Å².